The van der Waals surface area contributed by atoms with Crippen molar-refractivity contribution in [1.29, 1.82) is 0 Å². The maximum atomic E-state index is 13.0. The second-order valence-corrected chi connectivity index (χ2v) is 11.6. The van der Waals surface area contributed by atoms with Gasteiger partial charge in [0, 0.05) is 40.2 Å². The Labute approximate surface area is 225 Å². The van der Waals surface area contributed by atoms with Gasteiger partial charge in [-0.3, -0.25) is 4.90 Å². The van der Waals surface area contributed by atoms with E-state index < -0.39 is 17.8 Å². The quantitative estimate of drug-likeness (QED) is 0.297. The minimum Gasteiger partial charge on any atom is -0.443 e. The van der Waals surface area contributed by atoms with Crippen molar-refractivity contribution in [3.05, 3.63) is 70.8 Å². The fraction of sp³-hybridized carbons (Fsp3) is 0.357. The lowest BCUT2D eigenvalue weighted by molar-refractivity contribution is 0.0580. The van der Waals surface area contributed by atoms with E-state index in [0.29, 0.717) is 24.4 Å². The third-order valence-electron chi connectivity index (χ3n) is 6.44. The second-order valence-electron chi connectivity index (χ2n) is 10.4. The highest BCUT2D eigenvalue weighted by atomic mass is 35.5. The van der Waals surface area contributed by atoms with Gasteiger partial charge in [0.15, 0.2) is 0 Å². The number of hydrogen-bond donors (Lipinski definition) is 1. The molecule has 1 aliphatic rings. The summed E-state index contributed by atoms with van der Waals surface area (Å²) in [6.45, 7) is 8.06. The molecule has 1 N–H and O–H groups in total. The van der Waals surface area contributed by atoms with Crippen LogP contribution in [0.15, 0.2) is 48.8 Å². The number of nitrogens with zero attached hydrogens (tertiary/aromatic N) is 4. The summed E-state index contributed by atoms with van der Waals surface area (Å²) in [6.07, 6.45) is 1.80. The first-order valence-electron chi connectivity index (χ1n) is 12.3. The van der Waals surface area contributed by atoms with Crippen LogP contribution in [0.1, 0.15) is 63.1 Å². The van der Waals surface area contributed by atoms with Crippen molar-refractivity contribution in [2.45, 2.75) is 58.2 Å². The molecule has 9 heteroatoms. The summed E-state index contributed by atoms with van der Waals surface area (Å²) >= 11 is 7.50. The van der Waals surface area contributed by atoms with E-state index in [1.54, 1.807) is 17.0 Å². The minimum absolute atomic E-state index is 0.195. The largest absolute Gasteiger partial charge is 0.443 e. The molecule has 2 heterocycles. The Kier molecular flexibility index (Phi) is 6.91. The Morgan fingerprint density at radius 3 is 2.68 bits per heavy atom. The predicted molar refractivity (Wildman–Crippen MR) is 147 cm³/mol. The minimum atomic E-state index is -0.611. The van der Waals surface area contributed by atoms with E-state index in [1.807, 2.05) is 39.0 Å². The van der Waals surface area contributed by atoms with Crippen molar-refractivity contribution in [3.8, 4) is 11.3 Å². The van der Waals surface area contributed by atoms with Gasteiger partial charge in [-0.25, -0.2) is 14.8 Å². The average molecular weight is 537 g/mol. The van der Waals surface area contributed by atoms with Crippen molar-refractivity contribution in [2.75, 3.05) is 11.4 Å². The number of anilines is 1. The van der Waals surface area contributed by atoms with E-state index in [-0.39, 0.29) is 5.92 Å². The molecular formula is C28H29ClN4O3S. The number of halogens is 1. The topological polar surface area (TPSA) is 88.4 Å². The van der Waals surface area contributed by atoms with Crippen LogP contribution in [0.25, 0.3) is 21.3 Å². The fourth-order valence-electron chi connectivity index (χ4n) is 4.75. The lowest BCUT2D eigenvalue weighted by Crippen LogP contribution is -2.38. The molecule has 1 aliphatic carbocycles. The van der Waals surface area contributed by atoms with Crippen LogP contribution >= 0.6 is 23.1 Å². The number of amides is 1. The first kappa shape index (κ1) is 25.6. The molecule has 37 heavy (non-hydrogen) atoms. The van der Waals surface area contributed by atoms with Gasteiger partial charge < -0.3 is 9.84 Å². The van der Waals surface area contributed by atoms with Crippen LogP contribution in [0.3, 0.4) is 0 Å². The van der Waals surface area contributed by atoms with Crippen LogP contribution in [-0.4, -0.2) is 37.7 Å². The number of aromatic nitrogens is 3. The van der Waals surface area contributed by atoms with E-state index >= 15 is 0 Å². The number of hydrogen-bond acceptors (Lipinski definition) is 7. The van der Waals surface area contributed by atoms with E-state index in [0.717, 1.165) is 44.0 Å². The van der Waals surface area contributed by atoms with Gasteiger partial charge in [-0.1, -0.05) is 30.7 Å². The lowest BCUT2D eigenvalue weighted by Gasteiger charge is -2.27. The Balaban J connectivity index is 1.41. The van der Waals surface area contributed by atoms with Gasteiger partial charge in [0.2, 0.25) is 0 Å². The first-order valence-corrected chi connectivity index (χ1v) is 13.4. The normalized spacial score (nSPS) is 17.1. The van der Waals surface area contributed by atoms with Gasteiger partial charge in [-0.05, 0) is 75.0 Å². The van der Waals surface area contributed by atoms with Crippen molar-refractivity contribution >= 4 is 45.0 Å². The first-order chi connectivity index (χ1) is 17.6. The van der Waals surface area contributed by atoms with Gasteiger partial charge in [0.1, 0.15) is 11.9 Å². The van der Waals surface area contributed by atoms with Crippen LogP contribution in [0.2, 0.25) is 5.02 Å². The summed E-state index contributed by atoms with van der Waals surface area (Å²) in [5.74, 6) is 0.195. The molecule has 0 aliphatic heterocycles. The highest BCUT2D eigenvalue weighted by molar-refractivity contribution is 7.13. The number of carbonyl (C=O) groups is 1. The Morgan fingerprint density at radius 2 is 1.95 bits per heavy atom. The molecule has 2 aromatic heterocycles. The molecule has 0 radical (unpaired) electrons. The number of benzene rings is 2. The Morgan fingerprint density at radius 1 is 1.19 bits per heavy atom. The molecule has 192 valence electrons. The Hall–Kier alpha value is -3.07. The van der Waals surface area contributed by atoms with Crippen molar-refractivity contribution in [1.82, 2.24) is 14.3 Å². The predicted octanol–water partition coefficient (Wildman–Crippen LogP) is 6.93. The van der Waals surface area contributed by atoms with Gasteiger partial charge >= 0.3 is 6.09 Å². The van der Waals surface area contributed by atoms with E-state index in [9.17, 15) is 9.90 Å². The number of rotatable bonds is 5. The highest BCUT2D eigenvalue weighted by Crippen LogP contribution is 2.43. The Bertz CT molecular complexity index is 1450. The van der Waals surface area contributed by atoms with Crippen LogP contribution in [0.4, 0.5) is 10.5 Å². The highest BCUT2D eigenvalue weighted by Gasteiger charge is 2.31. The summed E-state index contributed by atoms with van der Waals surface area (Å²) in [5, 5.41) is 12.0. The number of aliphatic hydroxyl groups excluding tert-OH is 1. The molecule has 7 nitrogen and oxygen atoms in total. The molecular weight excluding hydrogens is 508 g/mol. The number of ether oxygens (including phenoxy) is 1. The molecule has 0 saturated heterocycles. The lowest BCUT2D eigenvalue weighted by atomic mass is 9.98. The molecule has 0 spiro atoms. The average Bonchev–Trinajstić information content (AvgIpc) is 3.38. The molecule has 0 bridgehead atoms. The molecule has 2 atom stereocenters. The maximum absolute atomic E-state index is 13.0. The molecule has 5 rings (SSSR count). The molecule has 0 fully saturated rings. The summed E-state index contributed by atoms with van der Waals surface area (Å²) in [7, 11) is 0. The van der Waals surface area contributed by atoms with Crippen molar-refractivity contribution < 1.29 is 14.6 Å². The third-order valence-corrected chi connectivity index (χ3v) is 7.54. The molecule has 0 unspecified atom stereocenters. The molecule has 0 saturated carbocycles. The second kappa shape index (κ2) is 10.0. The van der Waals surface area contributed by atoms with Gasteiger partial charge in [0.05, 0.1) is 27.9 Å². The summed E-state index contributed by atoms with van der Waals surface area (Å²) in [5.41, 5.74) is 4.63. The third kappa shape index (κ3) is 5.32. The number of carbonyl (C=O) groups excluding carboxylic acids is 1. The zero-order valence-corrected chi connectivity index (χ0v) is 22.8. The van der Waals surface area contributed by atoms with Gasteiger partial charge in [-0.2, -0.15) is 4.37 Å². The molecule has 1 amide bonds. The standard InChI is InChI=1S/C28H29ClN4O3S/c1-16-13-22(34)26-24(16)25(30-15-31-26)17-5-10-20-21(32-37-23(20)14-17)11-12-33(27(35)36-28(2,3)4)19-8-6-18(29)7-9-19/h5-10,14-16,22,34H,11-13H2,1-4H3/t16-,22-/m1/s1. The smallest absolute Gasteiger partial charge is 0.414 e. The molecule has 4 aromatic rings. The maximum Gasteiger partial charge on any atom is 0.414 e. The summed E-state index contributed by atoms with van der Waals surface area (Å²) < 4.78 is 11.4. The monoisotopic (exact) mass is 536 g/mol. The van der Waals surface area contributed by atoms with Crippen LogP contribution in [0.5, 0.6) is 0 Å². The van der Waals surface area contributed by atoms with Crippen LogP contribution < -0.4 is 4.90 Å². The zero-order valence-electron chi connectivity index (χ0n) is 21.2. The van der Waals surface area contributed by atoms with Crippen LogP contribution in [0, 0.1) is 0 Å². The zero-order chi connectivity index (χ0) is 26.3. The van der Waals surface area contributed by atoms with Gasteiger partial charge in [0.25, 0.3) is 0 Å². The number of fused-ring (bicyclic) bond motifs is 2. The fourth-order valence-corrected chi connectivity index (χ4v) is 5.74. The van der Waals surface area contributed by atoms with E-state index in [1.165, 1.54) is 17.9 Å². The van der Waals surface area contributed by atoms with Gasteiger partial charge in [-0.15, -0.1) is 0 Å². The van der Waals surface area contributed by atoms with E-state index in [4.69, 9.17) is 20.7 Å². The van der Waals surface area contributed by atoms with E-state index in [2.05, 4.69) is 29.0 Å². The number of aliphatic hydroxyl groups is 1. The molecule has 2 aromatic carbocycles. The summed E-state index contributed by atoms with van der Waals surface area (Å²) in [6, 6.07) is 13.4. The SMILES string of the molecule is C[C@@H]1C[C@@H](O)c2ncnc(-c3ccc4c(CCN(C(=O)OC(C)(C)C)c5ccc(Cl)cc5)nsc4c3)c21. The van der Waals surface area contributed by atoms with Crippen molar-refractivity contribution in [2.24, 2.45) is 0 Å². The van der Waals surface area contributed by atoms with Crippen molar-refractivity contribution in [3.63, 3.8) is 0 Å². The summed E-state index contributed by atoms with van der Waals surface area (Å²) in [4.78, 5) is 23.5. The van der Waals surface area contributed by atoms with Crippen LogP contribution in [-0.2, 0) is 11.2 Å².